The van der Waals surface area contributed by atoms with Gasteiger partial charge in [-0.25, -0.2) is 9.97 Å². The van der Waals surface area contributed by atoms with Gasteiger partial charge in [0, 0.05) is 33.5 Å². The van der Waals surface area contributed by atoms with Crippen molar-refractivity contribution in [2.24, 2.45) is 0 Å². The third-order valence-electron chi connectivity index (χ3n) is 4.21. The highest BCUT2D eigenvalue weighted by Gasteiger charge is 2.34. The van der Waals surface area contributed by atoms with Crippen molar-refractivity contribution in [1.29, 1.82) is 0 Å². The molecule has 27 heavy (non-hydrogen) atoms. The van der Waals surface area contributed by atoms with Gasteiger partial charge in [-0.05, 0) is 51.0 Å². The van der Waals surface area contributed by atoms with Gasteiger partial charge in [-0.3, -0.25) is 20.4 Å². The highest BCUT2D eigenvalue weighted by Crippen LogP contribution is 2.24. The topological polar surface area (TPSA) is 87.2 Å². The predicted molar refractivity (Wildman–Crippen MR) is 104 cm³/mol. The molecular weight excluding hydrogens is 389 g/mol. The Kier molecular flexibility index (Phi) is 5.82. The summed E-state index contributed by atoms with van der Waals surface area (Å²) in [5.74, 6) is -0.296. The summed E-state index contributed by atoms with van der Waals surface area (Å²) >= 11 is 12.0. The lowest BCUT2D eigenvalue weighted by molar-refractivity contribution is -0.124. The van der Waals surface area contributed by atoms with Gasteiger partial charge >= 0.3 is 0 Å². The molecule has 1 atom stereocenters. The number of aromatic nitrogens is 2. The Morgan fingerprint density at radius 2 is 1.70 bits per heavy atom. The highest BCUT2D eigenvalue weighted by atomic mass is 35.5. The average Bonchev–Trinajstić information content (AvgIpc) is 3.07. The normalized spacial score (nSPS) is 16.3. The van der Waals surface area contributed by atoms with Crippen LogP contribution in [0.3, 0.4) is 0 Å². The summed E-state index contributed by atoms with van der Waals surface area (Å²) in [7, 11) is 0. The Hall–Kier alpha value is -2.38. The Balaban J connectivity index is 1.69. The number of amides is 2. The summed E-state index contributed by atoms with van der Waals surface area (Å²) in [5.41, 5.74) is 7.25. The van der Waals surface area contributed by atoms with Crippen LogP contribution < -0.4 is 10.9 Å². The minimum absolute atomic E-state index is 0.278. The van der Waals surface area contributed by atoms with Gasteiger partial charge < -0.3 is 4.90 Å². The molecule has 1 fully saturated rings. The maximum absolute atomic E-state index is 12.8. The van der Waals surface area contributed by atoms with E-state index in [1.165, 1.54) is 4.90 Å². The molecular formula is C18H19Cl2N5O2. The number of hydrogen-bond acceptors (Lipinski definition) is 5. The van der Waals surface area contributed by atoms with Crippen molar-refractivity contribution in [3.05, 3.63) is 51.3 Å². The molecule has 0 aliphatic carbocycles. The largest absolute Gasteiger partial charge is 0.327 e. The fraction of sp³-hybridized carbons (Fsp3) is 0.333. The minimum atomic E-state index is -0.589. The Labute approximate surface area is 167 Å². The second-order valence-corrected chi connectivity index (χ2v) is 7.28. The molecule has 0 radical (unpaired) electrons. The van der Waals surface area contributed by atoms with Crippen LogP contribution in [0.2, 0.25) is 10.0 Å². The van der Waals surface area contributed by atoms with Crippen LogP contribution >= 0.6 is 23.2 Å². The van der Waals surface area contributed by atoms with Gasteiger partial charge in [0.1, 0.15) is 6.04 Å². The summed E-state index contributed by atoms with van der Waals surface area (Å²) in [6, 6.07) is 5.89. The number of anilines is 1. The monoisotopic (exact) mass is 407 g/mol. The second kappa shape index (κ2) is 8.10. The van der Waals surface area contributed by atoms with Crippen LogP contribution in [0.4, 0.5) is 5.95 Å². The second-order valence-electron chi connectivity index (χ2n) is 6.40. The third kappa shape index (κ3) is 4.67. The van der Waals surface area contributed by atoms with Gasteiger partial charge in [0.05, 0.1) is 0 Å². The molecule has 1 saturated heterocycles. The molecule has 2 aromatic rings. The molecule has 1 unspecified atom stereocenters. The van der Waals surface area contributed by atoms with Crippen molar-refractivity contribution in [3.8, 4) is 0 Å². The molecule has 2 amide bonds. The fourth-order valence-electron chi connectivity index (χ4n) is 3.11. The van der Waals surface area contributed by atoms with Crippen LogP contribution in [0.5, 0.6) is 0 Å². The highest BCUT2D eigenvalue weighted by molar-refractivity contribution is 6.35. The van der Waals surface area contributed by atoms with E-state index in [-0.39, 0.29) is 11.8 Å². The van der Waals surface area contributed by atoms with E-state index in [1.54, 1.807) is 18.2 Å². The fourth-order valence-corrected chi connectivity index (χ4v) is 3.63. The maximum Gasteiger partial charge on any atom is 0.261 e. The lowest BCUT2D eigenvalue weighted by Crippen LogP contribution is -2.47. The van der Waals surface area contributed by atoms with Crippen molar-refractivity contribution >= 4 is 41.0 Å². The SMILES string of the molecule is Cc1cc(C)nc(NNC(=O)C2CCCN2C(=O)c2cc(Cl)cc(Cl)c2)n1. The van der Waals surface area contributed by atoms with Crippen molar-refractivity contribution in [2.45, 2.75) is 32.7 Å². The number of carbonyl (C=O) groups excluding carboxylic acids is 2. The summed E-state index contributed by atoms with van der Waals surface area (Å²) in [4.78, 5) is 35.3. The van der Waals surface area contributed by atoms with Crippen molar-refractivity contribution < 1.29 is 9.59 Å². The molecule has 9 heteroatoms. The molecule has 0 spiro atoms. The summed E-state index contributed by atoms with van der Waals surface area (Å²) in [6.07, 6.45) is 1.30. The zero-order valence-electron chi connectivity index (χ0n) is 14.9. The van der Waals surface area contributed by atoms with Crippen LogP contribution in [-0.2, 0) is 4.79 Å². The number of benzene rings is 1. The van der Waals surface area contributed by atoms with Gasteiger partial charge in [0.15, 0.2) is 0 Å². The number of rotatable bonds is 4. The minimum Gasteiger partial charge on any atom is -0.327 e. The van der Waals surface area contributed by atoms with E-state index < -0.39 is 6.04 Å². The van der Waals surface area contributed by atoms with Gasteiger partial charge in [0.25, 0.3) is 11.8 Å². The molecule has 1 aromatic carbocycles. The first kappa shape index (κ1) is 19.4. The van der Waals surface area contributed by atoms with Crippen LogP contribution in [0.25, 0.3) is 0 Å². The van der Waals surface area contributed by atoms with E-state index in [1.807, 2.05) is 19.9 Å². The summed E-state index contributed by atoms with van der Waals surface area (Å²) in [5, 5.41) is 0.749. The number of carbonyl (C=O) groups is 2. The zero-order chi connectivity index (χ0) is 19.6. The molecule has 1 aliphatic heterocycles. The number of nitrogens with one attached hydrogen (secondary N) is 2. The number of hydrogen-bond donors (Lipinski definition) is 2. The van der Waals surface area contributed by atoms with Crippen molar-refractivity contribution in [1.82, 2.24) is 20.3 Å². The number of hydrazine groups is 1. The van der Waals surface area contributed by atoms with E-state index in [9.17, 15) is 9.59 Å². The number of halogens is 2. The van der Waals surface area contributed by atoms with Crippen LogP contribution in [0.1, 0.15) is 34.6 Å². The van der Waals surface area contributed by atoms with E-state index in [0.29, 0.717) is 34.5 Å². The summed E-state index contributed by atoms with van der Waals surface area (Å²) in [6.45, 7) is 4.17. The van der Waals surface area contributed by atoms with E-state index in [4.69, 9.17) is 23.2 Å². The predicted octanol–water partition coefficient (Wildman–Crippen LogP) is 3.15. The molecule has 7 nitrogen and oxygen atoms in total. The molecule has 0 saturated carbocycles. The third-order valence-corrected chi connectivity index (χ3v) is 4.64. The Morgan fingerprint density at radius 1 is 1.07 bits per heavy atom. The summed E-state index contributed by atoms with van der Waals surface area (Å²) < 4.78 is 0. The average molecular weight is 408 g/mol. The first-order valence-electron chi connectivity index (χ1n) is 8.48. The molecule has 2 heterocycles. The Bertz CT molecular complexity index is 850. The number of aryl methyl sites for hydroxylation is 2. The molecule has 3 rings (SSSR count). The van der Waals surface area contributed by atoms with Gasteiger partial charge in [-0.1, -0.05) is 23.2 Å². The first-order chi connectivity index (χ1) is 12.8. The van der Waals surface area contributed by atoms with Gasteiger partial charge in [0.2, 0.25) is 5.95 Å². The molecule has 0 bridgehead atoms. The van der Waals surface area contributed by atoms with E-state index in [2.05, 4.69) is 20.8 Å². The molecule has 1 aromatic heterocycles. The van der Waals surface area contributed by atoms with Crippen molar-refractivity contribution in [2.75, 3.05) is 12.0 Å². The maximum atomic E-state index is 12.8. The number of likely N-dealkylation sites (tertiary alicyclic amines) is 1. The molecule has 142 valence electrons. The van der Waals surface area contributed by atoms with Crippen LogP contribution in [0, 0.1) is 13.8 Å². The molecule has 1 aliphatic rings. The van der Waals surface area contributed by atoms with E-state index >= 15 is 0 Å². The number of nitrogens with zero attached hydrogens (tertiary/aromatic N) is 3. The lowest BCUT2D eigenvalue weighted by Gasteiger charge is -2.24. The van der Waals surface area contributed by atoms with Gasteiger partial charge in [-0.15, -0.1) is 0 Å². The quantitative estimate of drug-likeness (QED) is 0.759. The first-order valence-corrected chi connectivity index (χ1v) is 9.24. The van der Waals surface area contributed by atoms with Crippen molar-refractivity contribution in [3.63, 3.8) is 0 Å². The lowest BCUT2D eigenvalue weighted by atomic mass is 10.1. The zero-order valence-corrected chi connectivity index (χ0v) is 16.4. The smallest absolute Gasteiger partial charge is 0.261 e. The van der Waals surface area contributed by atoms with Crippen LogP contribution in [0.15, 0.2) is 24.3 Å². The molecule has 2 N–H and O–H groups in total. The standard InChI is InChI=1S/C18H19Cl2N5O2/c1-10-6-11(2)22-18(21-10)24-23-16(26)15-4-3-5-25(15)17(27)12-7-13(19)9-14(20)8-12/h6-9,15H,3-5H2,1-2H3,(H,23,26)(H,21,22,24). The van der Waals surface area contributed by atoms with Gasteiger partial charge in [-0.2, -0.15) is 0 Å². The van der Waals surface area contributed by atoms with E-state index in [0.717, 1.165) is 17.8 Å². The van der Waals surface area contributed by atoms with Crippen LogP contribution in [-0.4, -0.2) is 39.3 Å². The Morgan fingerprint density at radius 3 is 2.33 bits per heavy atom.